The van der Waals surface area contributed by atoms with Gasteiger partial charge in [-0.2, -0.15) is 0 Å². The first-order valence-corrected chi connectivity index (χ1v) is 7.26. The van der Waals surface area contributed by atoms with Crippen LogP contribution in [-0.2, 0) is 0 Å². The largest absolute Gasteiger partial charge is 0.496 e. The van der Waals surface area contributed by atoms with Crippen molar-refractivity contribution in [1.82, 2.24) is 0 Å². The molecule has 2 atom stereocenters. The van der Waals surface area contributed by atoms with Crippen LogP contribution in [0.25, 0.3) is 0 Å². The summed E-state index contributed by atoms with van der Waals surface area (Å²) in [4.78, 5) is 0.421. The fourth-order valence-corrected chi connectivity index (χ4v) is 3.01. The highest BCUT2D eigenvalue weighted by atomic mass is 79.9. The number of hydrogen-bond donors (Lipinski definition) is 0. The van der Waals surface area contributed by atoms with E-state index < -0.39 is 0 Å². The molecule has 3 heteroatoms. The van der Waals surface area contributed by atoms with Crippen LogP contribution in [0, 0.1) is 5.92 Å². The molecule has 0 aliphatic rings. The van der Waals surface area contributed by atoms with Crippen LogP contribution in [0.1, 0.15) is 37.1 Å². The van der Waals surface area contributed by atoms with Gasteiger partial charge in [0.05, 0.1) is 11.6 Å². The van der Waals surface area contributed by atoms with Gasteiger partial charge in [-0.1, -0.05) is 42.3 Å². The van der Waals surface area contributed by atoms with Crippen LogP contribution < -0.4 is 4.74 Å². The van der Waals surface area contributed by atoms with E-state index in [0.717, 1.165) is 22.6 Å². The molecule has 2 unspecified atom stereocenters. The van der Waals surface area contributed by atoms with Gasteiger partial charge in [-0.15, -0.1) is 0 Å². The number of benzene rings is 1. The fourth-order valence-electron chi connectivity index (χ4n) is 1.53. The average Bonchev–Trinajstić information content (AvgIpc) is 2.28. The minimum Gasteiger partial charge on any atom is -0.496 e. The second-order valence-corrected chi connectivity index (χ2v) is 6.07. The molecule has 0 spiro atoms. The summed E-state index contributed by atoms with van der Waals surface area (Å²) in [5.74, 6) is 1.62. The molecule has 1 nitrogen and oxygen atoms in total. The smallest absolute Gasteiger partial charge is 0.133 e. The van der Waals surface area contributed by atoms with Gasteiger partial charge in [-0.05, 0) is 46.0 Å². The van der Waals surface area contributed by atoms with E-state index in [1.807, 2.05) is 6.07 Å². The Morgan fingerprint density at radius 3 is 2.56 bits per heavy atom. The third-order valence-electron chi connectivity index (χ3n) is 2.84. The number of alkyl halides is 1. The number of ether oxygens (including phenoxy) is 1. The van der Waals surface area contributed by atoms with E-state index in [2.05, 4.69) is 57.8 Å². The SMILES string of the molecule is CCC(C)CC(Br)c1ccc(OC)c(Br)c1. The van der Waals surface area contributed by atoms with Gasteiger partial charge in [0.15, 0.2) is 0 Å². The lowest BCUT2D eigenvalue weighted by atomic mass is 9.99. The van der Waals surface area contributed by atoms with Gasteiger partial charge >= 0.3 is 0 Å². The van der Waals surface area contributed by atoms with Crippen LogP contribution in [0.5, 0.6) is 5.75 Å². The second-order valence-electron chi connectivity index (χ2n) is 4.11. The first kappa shape index (κ1) is 14.0. The van der Waals surface area contributed by atoms with E-state index >= 15 is 0 Å². The van der Waals surface area contributed by atoms with Crippen molar-refractivity contribution < 1.29 is 4.74 Å². The van der Waals surface area contributed by atoms with Crippen LogP contribution in [-0.4, -0.2) is 7.11 Å². The summed E-state index contributed by atoms with van der Waals surface area (Å²) < 4.78 is 6.23. The number of methoxy groups -OCH3 is 1. The van der Waals surface area contributed by atoms with Crippen molar-refractivity contribution in [3.05, 3.63) is 28.2 Å². The third kappa shape index (κ3) is 3.77. The van der Waals surface area contributed by atoms with Crippen molar-refractivity contribution in [3.8, 4) is 5.75 Å². The topological polar surface area (TPSA) is 9.23 Å². The molecular formula is C13H18Br2O. The van der Waals surface area contributed by atoms with Crippen LogP contribution in [0.3, 0.4) is 0 Å². The lowest BCUT2D eigenvalue weighted by molar-refractivity contribution is 0.412. The van der Waals surface area contributed by atoms with Crippen molar-refractivity contribution >= 4 is 31.9 Å². The minimum atomic E-state index is 0.421. The molecule has 0 N–H and O–H groups in total. The van der Waals surface area contributed by atoms with Crippen molar-refractivity contribution in [2.24, 2.45) is 5.92 Å². The maximum atomic E-state index is 5.22. The van der Waals surface area contributed by atoms with Gasteiger partial charge in [0.2, 0.25) is 0 Å². The molecule has 0 bridgehead atoms. The molecule has 0 aliphatic heterocycles. The van der Waals surface area contributed by atoms with E-state index in [1.54, 1.807) is 7.11 Å². The Balaban J connectivity index is 2.76. The molecule has 1 aromatic carbocycles. The Morgan fingerprint density at radius 1 is 1.38 bits per heavy atom. The molecule has 0 aromatic heterocycles. The fraction of sp³-hybridized carbons (Fsp3) is 0.538. The summed E-state index contributed by atoms with van der Waals surface area (Å²) in [5.41, 5.74) is 1.30. The van der Waals surface area contributed by atoms with E-state index in [9.17, 15) is 0 Å². The van der Waals surface area contributed by atoms with Crippen molar-refractivity contribution in [2.75, 3.05) is 7.11 Å². The van der Waals surface area contributed by atoms with Gasteiger partial charge in [0.1, 0.15) is 5.75 Å². The van der Waals surface area contributed by atoms with Crippen molar-refractivity contribution in [2.45, 2.75) is 31.5 Å². The van der Waals surface area contributed by atoms with Gasteiger partial charge in [-0.25, -0.2) is 0 Å². The molecule has 0 fully saturated rings. The van der Waals surface area contributed by atoms with Gasteiger partial charge in [0, 0.05) is 4.83 Å². The Kier molecular flexibility index (Phi) is 5.84. The Labute approximate surface area is 115 Å². The molecule has 0 heterocycles. The standard InChI is InChI=1S/C13H18Br2O/c1-4-9(2)7-11(14)10-5-6-13(16-3)12(15)8-10/h5-6,8-9,11H,4,7H2,1-3H3. The predicted octanol–water partition coefficient (Wildman–Crippen LogP) is 5.33. The highest BCUT2D eigenvalue weighted by Gasteiger charge is 2.12. The zero-order chi connectivity index (χ0) is 12.1. The molecule has 0 radical (unpaired) electrons. The highest BCUT2D eigenvalue weighted by molar-refractivity contribution is 9.10. The van der Waals surface area contributed by atoms with Gasteiger partial charge in [0.25, 0.3) is 0 Å². The summed E-state index contributed by atoms with van der Waals surface area (Å²) in [6.07, 6.45) is 2.38. The summed E-state index contributed by atoms with van der Waals surface area (Å²) in [6.45, 7) is 4.52. The maximum absolute atomic E-state index is 5.22. The second kappa shape index (κ2) is 6.65. The van der Waals surface area contributed by atoms with Crippen LogP contribution in [0.15, 0.2) is 22.7 Å². The molecule has 16 heavy (non-hydrogen) atoms. The van der Waals surface area contributed by atoms with Crippen molar-refractivity contribution in [3.63, 3.8) is 0 Å². The van der Waals surface area contributed by atoms with E-state index in [4.69, 9.17) is 4.74 Å². The number of rotatable bonds is 5. The maximum Gasteiger partial charge on any atom is 0.133 e. The van der Waals surface area contributed by atoms with Crippen LogP contribution >= 0.6 is 31.9 Å². The average molecular weight is 350 g/mol. The zero-order valence-corrected chi connectivity index (χ0v) is 13.1. The molecule has 1 rings (SSSR count). The molecule has 90 valence electrons. The normalized spacial score (nSPS) is 14.6. The first-order valence-electron chi connectivity index (χ1n) is 5.56. The lowest BCUT2D eigenvalue weighted by Crippen LogP contribution is -1.99. The Bertz CT molecular complexity index is 339. The van der Waals surface area contributed by atoms with Crippen molar-refractivity contribution in [1.29, 1.82) is 0 Å². The minimum absolute atomic E-state index is 0.421. The summed E-state index contributed by atoms with van der Waals surface area (Å²) in [6, 6.07) is 6.25. The van der Waals surface area contributed by atoms with Gasteiger partial charge < -0.3 is 4.74 Å². The number of hydrogen-bond acceptors (Lipinski definition) is 1. The van der Waals surface area contributed by atoms with E-state index in [0.29, 0.717) is 4.83 Å². The number of halogens is 2. The summed E-state index contributed by atoms with van der Waals surface area (Å²) >= 11 is 7.26. The molecule has 0 amide bonds. The van der Waals surface area contributed by atoms with E-state index in [-0.39, 0.29) is 0 Å². The molecule has 0 saturated heterocycles. The predicted molar refractivity (Wildman–Crippen MR) is 76.4 cm³/mol. The summed E-state index contributed by atoms with van der Waals surface area (Å²) in [5, 5.41) is 0. The quantitative estimate of drug-likeness (QED) is 0.653. The first-order chi connectivity index (χ1) is 7.58. The Hall–Kier alpha value is -0.0200. The van der Waals surface area contributed by atoms with Gasteiger partial charge in [-0.3, -0.25) is 0 Å². The van der Waals surface area contributed by atoms with Crippen LogP contribution in [0.2, 0.25) is 0 Å². The molecule has 1 aromatic rings. The zero-order valence-electron chi connectivity index (χ0n) is 9.97. The lowest BCUT2D eigenvalue weighted by Gasteiger charge is -2.15. The highest BCUT2D eigenvalue weighted by Crippen LogP contribution is 2.35. The molecule has 0 aliphatic carbocycles. The van der Waals surface area contributed by atoms with E-state index in [1.165, 1.54) is 12.0 Å². The summed E-state index contributed by atoms with van der Waals surface area (Å²) in [7, 11) is 1.69. The monoisotopic (exact) mass is 348 g/mol. The van der Waals surface area contributed by atoms with Crippen LogP contribution in [0.4, 0.5) is 0 Å². The third-order valence-corrected chi connectivity index (χ3v) is 4.37. The Morgan fingerprint density at radius 2 is 2.06 bits per heavy atom. The molecular weight excluding hydrogens is 332 g/mol. The molecule has 0 saturated carbocycles.